The van der Waals surface area contributed by atoms with Crippen molar-refractivity contribution in [3.8, 4) is 0 Å². The molecule has 0 aromatic heterocycles. The first kappa shape index (κ1) is 17.7. The number of sulfonamides is 1. The van der Waals surface area contributed by atoms with E-state index in [1.807, 2.05) is 0 Å². The molecule has 2 atom stereocenters. The summed E-state index contributed by atoms with van der Waals surface area (Å²) in [4.78, 5) is 12.4. The SMILES string of the molecule is C=CCNS(=O)(=O)c1cccc(C(=O)NC2CCCC2CN)c1. The van der Waals surface area contributed by atoms with Crippen LogP contribution in [-0.4, -0.2) is 33.5 Å². The number of nitrogens with one attached hydrogen (secondary N) is 2. The van der Waals surface area contributed by atoms with E-state index in [0.717, 1.165) is 19.3 Å². The molecular formula is C16H23N3O3S. The number of hydrogen-bond acceptors (Lipinski definition) is 4. The van der Waals surface area contributed by atoms with Crippen molar-refractivity contribution in [2.45, 2.75) is 30.2 Å². The summed E-state index contributed by atoms with van der Waals surface area (Å²) in [5.41, 5.74) is 6.05. The van der Waals surface area contributed by atoms with E-state index in [-0.39, 0.29) is 23.4 Å². The van der Waals surface area contributed by atoms with Crippen LogP contribution in [0.25, 0.3) is 0 Å². The third kappa shape index (κ3) is 4.40. The number of carbonyl (C=O) groups is 1. The molecule has 1 fully saturated rings. The molecule has 0 saturated heterocycles. The minimum Gasteiger partial charge on any atom is -0.349 e. The third-order valence-corrected chi connectivity index (χ3v) is 5.52. The lowest BCUT2D eigenvalue weighted by Crippen LogP contribution is -2.39. The van der Waals surface area contributed by atoms with E-state index in [1.165, 1.54) is 18.2 Å². The summed E-state index contributed by atoms with van der Waals surface area (Å²) in [5.74, 6) is 0.0243. The predicted molar refractivity (Wildman–Crippen MR) is 89.5 cm³/mol. The molecule has 1 aromatic rings. The minimum atomic E-state index is -3.64. The largest absolute Gasteiger partial charge is 0.349 e. The van der Waals surface area contributed by atoms with Gasteiger partial charge in [0.05, 0.1) is 4.90 Å². The van der Waals surface area contributed by atoms with Crippen LogP contribution in [0, 0.1) is 5.92 Å². The van der Waals surface area contributed by atoms with Gasteiger partial charge in [0, 0.05) is 18.2 Å². The van der Waals surface area contributed by atoms with Crippen LogP contribution < -0.4 is 15.8 Å². The number of rotatable bonds is 7. The van der Waals surface area contributed by atoms with Crippen molar-refractivity contribution in [3.05, 3.63) is 42.5 Å². The number of carbonyl (C=O) groups excluding carboxylic acids is 1. The van der Waals surface area contributed by atoms with Gasteiger partial charge in [-0.2, -0.15) is 0 Å². The van der Waals surface area contributed by atoms with E-state index in [2.05, 4.69) is 16.6 Å². The van der Waals surface area contributed by atoms with Crippen LogP contribution in [-0.2, 0) is 10.0 Å². The molecule has 1 amide bonds. The Labute approximate surface area is 137 Å². The van der Waals surface area contributed by atoms with Gasteiger partial charge in [-0.1, -0.05) is 18.6 Å². The van der Waals surface area contributed by atoms with Crippen molar-refractivity contribution in [2.24, 2.45) is 11.7 Å². The Morgan fingerprint density at radius 1 is 1.39 bits per heavy atom. The number of hydrogen-bond donors (Lipinski definition) is 3. The molecule has 1 aliphatic rings. The number of nitrogens with two attached hydrogens (primary N) is 1. The Balaban J connectivity index is 2.13. The molecule has 4 N–H and O–H groups in total. The molecule has 0 spiro atoms. The van der Waals surface area contributed by atoms with Gasteiger partial charge in [-0.3, -0.25) is 4.79 Å². The van der Waals surface area contributed by atoms with E-state index < -0.39 is 10.0 Å². The van der Waals surface area contributed by atoms with Gasteiger partial charge >= 0.3 is 0 Å². The first-order valence-corrected chi connectivity index (χ1v) is 9.18. The van der Waals surface area contributed by atoms with Crippen molar-refractivity contribution >= 4 is 15.9 Å². The van der Waals surface area contributed by atoms with Crippen LogP contribution >= 0.6 is 0 Å². The lowest BCUT2D eigenvalue weighted by molar-refractivity contribution is 0.0928. The zero-order valence-electron chi connectivity index (χ0n) is 13.0. The van der Waals surface area contributed by atoms with Crippen molar-refractivity contribution in [1.82, 2.24) is 10.0 Å². The molecule has 0 heterocycles. The zero-order valence-corrected chi connectivity index (χ0v) is 13.8. The summed E-state index contributed by atoms with van der Waals surface area (Å²) < 4.78 is 26.6. The van der Waals surface area contributed by atoms with E-state index in [4.69, 9.17) is 5.73 Å². The lowest BCUT2D eigenvalue weighted by atomic mass is 10.0. The Morgan fingerprint density at radius 3 is 2.87 bits per heavy atom. The Morgan fingerprint density at radius 2 is 2.17 bits per heavy atom. The van der Waals surface area contributed by atoms with Crippen molar-refractivity contribution in [1.29, 1.82) is 0 Å². The first-order chi connectivity index (χ1) is 11.0. The zero-order chi connectivity index (χ0) is 16.9. The molecule has 0 radical (unpaired) electrons. The van der Waals surface area contributed by atoms with Gasteiger partial charge in [0.1, 0.15) is 0 Å². The maximum Gasteiger partial charge on any atom is 0.251 e. The van der Waals surface area contributed by atoms with Gasteiger partial charge in [-0.15, -0.1) is 6.58 Å². The highest BCUT2D eigenvalue weighted by molar-refractivity contribution is 7.89. The van der Waals surface area contributed by atoms with Crippen molar-refractivity contribution < 1.29 is 13.2 Å². The molecule has 7 heteroatoms. The Hall–Kier alpha value is -1.70. The molecule has 2 unspecified atom stereocenters. The van der Waals surface area contributed by atoms with Gasteiger partial charge in [-0.05, 0) is 43.5 Å². The molecule has 1 saturated carbocycles. The molecule has 0 aliphatic heterocycles. The molecule has 0 bridgehead atoms. The number of benzene rings is 1. The van der Waals surface area contributed by atoms with Crippen molar-refractivity contribution in [3.63, 3.8) is 0 Å². The highest BCUT2D eigenvalue weighted by atomic mass is 32.2. The maximum atomic E-state index is 12.4. The van der Waals surface area contributed by atoms with Gasteiger partial charge < -0.3 is 11.1 Å². The van der Waals surface area contributed by atoms with E-state index in [9.17, 15) is 13.2 Å². The van der Waals surface area contributed by atoms with Crippen LogP contribution in [0.2, 0.25) is 0 Å². The minimum absolute atomic E-state index is 0.0617. The average molecular weight is 337 g/mol. The summed E-state index contributed by atoms with van der Waals surface area (Å²) in [6.45, 7) is 4.16. The molecule has 2 rings (SSSR count). The fourth-order valence-electron chi connectivity index (χ4n) is 2.82. The average Bonchev–Trinajstić information content (AvgIpc) is 3.00. The summed E-state index contributed by atoms with van der Waals surface area (Å²) in [7, 11) is -3.64. The van der Waals surface area contributed by atoms with Crippen LogP contribution in [0.3, 0.4) is 0 Å². The van der Waals surface area contributed by atoms with Crippen LogP contribution in [0.4, 0.5) is 0 Å². The monoisotopic (exact) mass is 337 g/mol. The molecular weight excluding hydrogens is 314 g/mol. The van der Waals surface area contributed by atoms with E-state index >= 15 is 0 Å². The van der Waals surface area contributed by atoms with Crippen LogP contribution in [0.15, 0.2) is 41.8 Å². The van der Waals surface area contributed by atoms with Gasteiger partial charge in [-0.25, -0.2) is 13.1 Å². The number of amides is 1. The van der Waals surface area contributed by atoms with Crippen molar-refractivity contribution in [2.75, 3.05) is 13.1 Å². The predicted octanol–water partition coefficient (Wildman–Crippen LogP) is 1.01. The summed E-state index contributed by atoms with van der Waals surface area (Å²) >= 11 is 0. The fraction of sp³-hybridized carbons (Fsp3) is 0.438. The van der Waals surface area contributed by atoms with E-state index in [0.29, 0.717) is 18.0 Å². The fourth-order valence-corrected chi connectivity index (χ4v) is 3.86. The first-order valence-electron chi connectivity index (χ1n) is 7.69. The molecule has 6 nitrogen and oxygen atoms in total. The van der Waals surface area contributed by atoms with Crippen LogP contribution in [0.5, 0.6) is 0 Å². The third-order valence-electron chi connectivity index (χ3n) is 4.10. The van der Waals surface area contributed by atoms with Gasteiger partial charge in [0.15, 0.2) is 0 Å². The maximum absolute atomic E-state index is 12.4. The van der Waals surface area contributed by atoms with Gasteiger partial charge in [0.25, 0.3) is 5.91 Å². The topological polar surface area (TPSA) is 101 Å². The normalized spacial score (nSPS) is 21.1. The highest BCUT2D eigenvalue weighted by Crippen LogP contribution is 2.25. The van der Waals surface area contributed by atoms with E-state index in [1.54, 1.807) is 12.1 Å². The van der Waals surface area contributed by atoms with Crippen LogP contribution in [0.1, 0.15) is 29.6 Å². The standard InChI is InChI=1S/C16H23N3O3S/c1-2-9-18-23(21,22)14-7-3-5-12(10-14)16(20)19-15-8-4-6-13(15)11-17/h2-3,5,7,10,13,15,18H,1,4,6,8-9,11,17H2,(H,19,20). The molecule has 23 heavy (non-hydrogen) atoms. The second-order valence-electron chi connectivity index (χ2n) is 5.68. The summed E-state index contributed by atoms with van der Waals surface area (Å²) in [6, 6.07) is 6.07. The quantitative estimate of drug-likeness (QED) is 0.646. The molecule has 1 aliphatic carbocycles. The highest BCUT2D eigenvalue weighted by Gasteiger charge is 2.27. The molecule has 1 aromatic carbocycles. The summed E-state index contributed by atoms with van der Waals surface area (Å²) in [6.07, 6.45) is 4.43. The second kappa shape index (κ2) is 7.72. The Kier molecular flexibility index (Phi) is 5.92. The summed E-state index contributed by atoms with van der Waals surface area (Å²) in [5, 5.41) is 2.97. The second-order valence-corrected chi connectivity index (χ2v) is 7.44. The van der Waals surface area contributed by atoms with Gasteiger partial charge in [0.2, 0.25) is 10.0 Å². The molecule has 126 valence electrons. The lowest BCUT2D eigenvalue weighted by Gasteiger charge is -2.19. The Bertz CT molecular complexity index is 673. The smallest absolute Gasteiger partial charge is 0.251 e.